The van der Waals surface area contributed by atoms with Crippen molar-refractivity contribution in [3.05, 3.63) is 29.3 Å². The van der Waals surface area contributed by atoms with E-state index in [0.29, 0.717) is 11.3 Å². The summed E-state index contributed by atoms with van der Waals surface area (Å²) in [6, 6.07) is 5.19. The van der Waals surface area contributed by atoms with Crippen LogP contribution < -0.4 is 11.1 Å². The van der Waals surface area contributed by atoms with E-state index in [1.807, 2.05) is 0 Å². The first-order valence-electron chi connectivity index (χ1n) is 4.41. The standard InChI is InChI=1S/C10H14N2O2/c1-7-8(3-2-4-9(7)11)10(14)12-5-6-13/h2-4,13H,5-6,11H2,1H3,(H,12,14). The van der Waals surface area contributed by atoms with E-state index in [2.05, 4.69) is 5.32 Å². The van der Waals surface area contributed by atoms with Crippen LogP contribution in [0.25, 0.3) is 0 Å². The Morgan fingerprint density at radius 1 is 1.57 bits per heavy atom. The van der Waals surface area contributed by atoms with Crippen molar-refractivity contribution in [2.45, 2.75) is 6.92 Å². The molecule has 1 aromatic rings. The number of rotatable bonds is 3. The molecule has 0 spiro atoms. The van der Waals surface area contributed by atoms with Gasteiger partial charge in [0.15, 0.2) is 0 Å². The molecule has 1 aromatic carbocycles. The van der Waals surface area contributed by atoms with Gasteiger partial charge in [0.1, 0.15) is 0 Å². The Hall–Kier alpha value is -1.55. The molecule has 0 aliphatic heterocycles. The average Bonchev–Trinajstić information content (AvgIpc) is 2.18. The van der Waals surface area contributed by atoms with Crippen LogP contribution in [-0.2, 0) is 0 Å². The minimum atomic E-state index is -0.205. The number of nitrogens with two attached hydrogens (primary N) is 1. The molecular weight excluding hydrogens is 180 g/mol. The van der Waals surface area contributed by atoms with Gasteiger partial charge in [0.05, 0.1) is 6.61 Å². The summed E-state index contributed by atoms with van der Waals surface area (Å²) < 4.78 is 0. The lowest BCUT2D eigenvalue weighted by Gasteiger charge is -2.07. The minimum Gasteiger partial charge on any atom is -0.398 e. The molecule has 0 saturated carbocycles. The Labute approximate surface area is 82.7 Å². The lowest BCUT2D eigenvalue weighted by Crippen LogP contribution is -2.27. The fourth-order valence-electron chi connectivity index (χ4n) is 1.16. The maximum Gasteiger partial charge on any atom is 0.251 e. The van der Waals surface area contributed by atoms with Gasteiger partial charge in [-0.3, -0.25) is 4.79 Å². The van der Waals surface area contributed by atoms with E-state index in [-0.39, 0.29) is 19.1 Å². The summed E-state index contributed by atoms with van der Waals surface area (Å²) in [5.41, 5.74) is 7.58. The number of aliphatic hydroxyl groups is 1. The molecule has 0 bridgehead atoms. The molecule has 0 saturated heterocycles. The van der Waals surface area contributed by atoms with Crippen molar-refractivity contribution >= 4 is 11.6 Å². The summed E-state index contributed by atoms with van der Waals surface area (Å²) in [5, 5.41) is 11.1. The van der Waals surface area contributed by atoms with Crippen molar-refractivity contribution in [3.8, 4) is 0 Å². The fraction of sp³-hybridized carbons (Fsp3) is 0.300. The van der Waals surface area contributed by atoms with Crippen molar-refractivity contribution in [2.24, 2.45) is 0 Å². The summed E-state index contributed by atoms with van der Waals surface area (Å²) >= 11 is 0. The largest absolute Gasteiger partial charge is 0.398 e. The number of amides is 1. The summed E-state index contributed by atoms with van der Waals surface area (Å²) in [4.78, 5) is 11.5. The Morgan fingerprint density at radius 2 is 2.29 bits per heavy atom. The van der Waals surface area contributed by atoms with Gasteiger partial charge in [0.2, 0.25) is 0 Å². The third-order valence-corrected chi connectivity index (χ3v) is 2.02. The minimum absolute atomic E-state index is 0.0624. The van der Waals surface area contributed by atoms with Crippen molar-refractivity contribution < 1.29 is 9.90 Å². The molecule has 0 aliphatic rings. The van der Waals surface area contributed by atoms with Crippen molar-refractivity contribution in [2.75, 3.05) is 18.9 Å². The van der Waals surface area contributed by atoms with E-state index in [1.54, 1.807) is 25.1 Å². The first-order chi connectivity index (χ1) is 6.66. The van der Waals surface area contributed by atoms with Gasteiger partial charge in [-0.2, -0.15) is 0 Å². The highest BCUT2D eigenvalue weighted by Crippen LogP contribution is 2.14. The number of hydrogen-bond acceptors (Lipinski definition) is 3. The predicted molar refractivity (Wildman–Crippen MR) is 55.0 cm³/mol. The van der Waals surface area contributed by atoms with Crippen LogP contribution in [0.4, 0.5) is 5.69 Å². The van der Waals surface area contributed by atoms with Gasteiger partial charge in [-0.25, -0.2) is 0 Å². The number of carbonyl (C=O) groups is 1. The predicted octanol–water partition coefficient (Wildman–Crippen LogP) is 0.299. The van der Waals surface area contributed by atoms with Crippen LogP contribution in [0.5, 0.6) is 0 Å². The zero-order chi connectivity index (χ0) is 10.6. The highest BCUT2D eigenvalue weighted by molar-refractivity contribution is 5.96. The van der Waals surface area contributed by atoms with E-state index in [4.69, 9.17) is 10.8 Å². The number of nitrogens with one attached hydrogen (secondary N) is 1. The Kier molecular flexibility index (Phi) is 3.48. The molecule has 4 heteroatoms. The van der Waals surface area contributed by atoms with Crippen molar-refractivity contribution in [3.63, 3.8) is 0 Å². The topological polar surface area (TPSA) is 75.4 Å². The van der Waals surface area contributed by atoms with Gasteiger partial charge in [-0.05, 0) is 24.6 Å². The van der Waals surface area contributed by atoms with E-state index in [0.717, 1.165) is 5.56 Å². The molecule has 1 rings (SSSR count). The number of anilines is 1. The number of carbonyl (C=O) groups excluding carboxylic acids is 1. The van der Waals surface area contributed by atoms with Crippen LogP contribution in [-0.4, -0.2) is 24.2 Å². The lowest BCUT2D eigenvalue weighted by atomic mass is 10.1. The maximum absolute atomic E-state index is 11.5. The summed E-state index contributed by atoms with van der Waals surface area (Å²) in [5.74, 6) is -0.205. The molecule has 0 aliphatic carbocycles. The van der Waals surface area contributed by atoms with Gasteiger partial charge in [0, 0.05) is 17.8 Å². The number of benzene rings is 1. The zero-order valence-electron chi connectivity index (χ0n) is 8.08. The molecule has 0 heterocycles. The highest BCUT2D eigenvalue weighted by Gasteiger charge is 2.08. The molecular formula is C10H14N2O2. The van der Waals surface area contributed by atoms with Crippen LogP contribution in [0, 0.1) is 6.92 Å². The number of aliphatic hydroxyl groups excluding tert-OH is 1. The Morgan fingerprint density at radius 3 is 2.93 bits per heavy atom. The molecule has 0 fully saturated rings. The fourth-order valence-corrected chi connectivity index (χ4v) is 1.16. The van der Waals surface area contributed by atoms with Gasteiger partial charge in [-0.15, -0.1) is 0 Å². The number of hydrogen-bond donors (Lipinski definition) is 3. The lowest BCUT2D eigenvalue weighted by molar-refractivity contribution is 0.0944. The second kappa shape index (κ2) is 4.62. The zero-order valence-corrected chi connectivity index (χ0v) is 8.08. The second-order valence-electron chi connectivity index (χ2n) is 3.00. The quantitative estimate of drug-likeness (QED) is 0.606. The smallest absolute Gasteiger partial charge is 0.251 e. The van der Waals surface area contributed by atoms with E-state index >= 15 is 0 Å². The molecule has 0 unspecified atom stereocenters. The summed E-state index contributed by atoms with van der Waals surface area (Å²) in [7, 11) is 0. The third kappa shape index (κ3) is 2.23. The van der Waals surface area contributed by atoms with E-state index in [1.165, 1.54) is 0 Å². The monoisotopic (exact) mass is 194 g/mol. The average molecular weight is 194 g/mol. The first kappa shape index (κ1) is 10.5. The van der Waals surface area contributed by atoms with Gasteiger partial charge < -0.3 is 16.2 Å². The van der Waals surface area contributed by atoms with Crippen molar-refractivity contribution in [1.82, 2.24) is 5.32 Å². The molecule has 0 radical (unpaired) electrons. The molecule has 4 nitrogen and oxygen atoms in total. The van der Waals surface area contributed by atoms with E-state index < -0.39 is 0 Å². The van der Waals surface area contributed by atoms with Gasteiger partial charge in [0.25, 0.3) is 5.91 Å². The SMILES string of the molecule is Cc1c(N)cccc1C(=O)NCCO. The first-order valence-corrected chi connectivity index (χ1v) is 4.41. The van der Waals surface area contributed by atoms with E-state index in [9.17, 15) is 4.79 Å². The van der Waals surface area contributed by atoms with Crippen LogP contribution in [0.15, 0.2) is 18.2 Å². The van der Waals surface area contributed by atoms with Crippen LogP contribution in [0.1, 0.15) is 15.9 Å². The Balaban J connectivity index is 2.84. The molecule has 76 valence electrons. The summed E-state index contributed by atoms with van der Waals surface area (Å²) in [6.45, 7) is 1.99. The normalized spacial score (nSPS) is 9.86. The molecule has 1 amide bonds. The molecule has 0 atom stereocenters. The van der Waals surface area contributed by atoms with Gasteiger partial charge >= 0.3 is 0 Å². The number of nitrogen functional groups attached to an aromatic ring is 1. The molecule has 0 aromatic heterocycles. The second-order valence-corrected chi connectivity index (χ2v) is 3.00. The molecule has 4 N–H and O–H groups in total. The molecule has 14 heavy (non-hydrogen) atoms. The van der Waals surface area contributed by atoms with Gasteiger partial charge in [-0.1, -0.05) is 6.07 Å². The van der Waals surface area contributed by atoms with Crippen LogP contribution >= 0.6 is 0 Å². The van der Waals surface area contributed by atoms with Crippen LogP contribution in [0.3, 0.4) is 0 Å². The third-order valence-electron chi connectivity index (χ3n) is 2.02. The summed E-state index contributed by atoms with van der Waals surface area (Å²) in [6.07, 6.45) is 0. The highest BCUT2D eigenvalue weighted by atomic mass is 16.3. The Bertz CT molecular complexity index is 337. The maximum atomic E-state index is 11.5. The van der Waals surface area contributed by atoms with Crippen molar-refractivity contribution in [1.29, 1.82) is 0 Å². The van der Waals surface area contributed by atoms with Crippen LogP contribution in [0.2, 0.25) is 0 Å².